The minimum atomic E-state index is -1.02. The molecule has 2 N–H and O–H groups in total. The molecular formula is C30H42O5S2. The van der Waals surface area contributed by atoms with Crippen molar-refractivity contribution in [2.75, 3.05) is 0 Å². The molecule has 37 heavy (non-hydrogen) atoms. The number of hydrogen-bond donors (Lipinski definition) is 2. The van der Waals surface area contributed by atoms with E-state index >= 15 is 0 Å². The number of thioether (sulfide) groups is 2. The van der Waals surface area contributed by atoms with Crippen LogP contribution in [0.5, 0.6) is 11.5 Å². The maximum absolute atomic E-state index is 12.2. The van der Waals surface area contributed by atoms with Crippen LogP contribution in [-0.2, 0) is 25.8 Å². The highest BCUT2D eigenvalue weighted by molar-refractivity contribution is 8.17. The number of rotatable bonds is 8. The molecule has 0 heterocycles. The maximum Gasteiger partial charge on any atom is 0.311 e. The van der Waals surface area contributed by atoms with Crippen LogP contribution < -0.4 is 4.74 Å². The number of carboxylic acids is 1. The van der Waals surface area contributed by atoms with Gasteiger partial charge < -0.3 is 14.9 Å². The molecule has 1 unspecified atom stereocenters. The van der Waals surface area contributed by atoms with Crippen molar-refractivity contribution in [3.05, 3.63) is 47.0 Å². The lowest BCUT2D eigenvalue weighted by Crippen LogP contribution is -2.17. The van der Waals surface area contributed by atoms with Gasteiger partial charge in [-0.2, -0.15) is 0 Å². The first-order chi connectivity index (χ1) is 16.8. The summed E-state index contributed by atoms with van der Waals surface area (Å²) in [6.07, 6.45) is -0.416. The number of hydrogen-bond acceptors (Lipinski definition) is 6. The summed E-state index contributed by atoms with van der Waals surface area (Å²) in [5, 5.41) is 19.9. The number of esters is 1. The van der Waals surface area contributed by atoms with Crippen LogP contribution in [0, 0.1) is 0 Å². The van der Waals surface area contributed by atoms with Crippen molar-refractivity contribution in [3.63, 3.8) is 0 Å². The van der Waals surface area contributed by atoms with Gasteiger partial charge >= 0.3 is 11.9 Å². The molecule has 0 spiro atoms. The van der Waals surface area contributed by atoms with E-state index in [4.69, 9.17) is 9.84 Å². The lowest BCUT2D eigenvalue weighted by atomic mass is 9.79. The normalized spacial score (nSPS) is 13.4. The van der Waals surface area contributed by atoms with Gasteiger partial charge in [-0.25, -0.2) is 0 Å². The van der Waals surface area contributed by atoms with Crippen molar-refractivity contribution in [2.24, 2.45) is 0 Å². The van der Waals surface area contributed by atoms with E-state index < -0.39 is 11.9 Å². The molecule has 0 aliphatic carbocycles. The van der Waals surface area contributed by atoms with Gasteiger partial charge in [-0.15, -0.1) is 23.5 Å². The fraction of sp³-hybridized carbons (Fsp3) is 0.533. The first-order valence-corrected chi connectivity index (χ1v) is 14.3. The summed E-state index contributed by atoms with van der Waals surface area (Å²) in [6.45, 7) is 21.0. The quantitative estimate of drug-likeness (QED) is 0.149. The van der Waals surface area contributed by atoms with Crippen LogP contribution >= 0.6 is 23.5 Å². The molecule has 2 aromatic carbocycles. The lowest BCUT2D eigenvalue weighted by molar-refractivity contribution is -0.142. The van der Waals surface area contributed by atoms with E-state index in [1.807, 2.05) is 6.07 Å². The number of ether oxygens (including phenoxy) is 1. The Morgan fingerprint density at radius 1 is 0.784 bits per heavy atom. The Labute approximate surface area is 230 Å². The van der Waals surface area contributed by atoms with E-state index in [2.05, 4.69) is 87.4 Å². The van der Waals surface area contributed by atoms with Gasteiger partial charge in [0.05, 0.1) is 17.4 Å². The largest absolute Gasteiger partial charge is 0.507 e. The Morgan fingerprint density at radius 2 is 1.24 bits per heavy atom. The molecule has 7 heteroatoms. The van der Waals surface area contributed by atoms with Crippen LogP contribution in [0.2, 0.25) is 0 Å². The van der Waals surface area contributed by atoms with Crippen molar-refractivity contribution in [1.29, 1.82) is 0 Å². The second-order valence-corrected chi connectivity index (χ2v) is 15.6. The predicted molar refractivity (Wildman–Crippen MR) is 154 cm³/mol. The molecule has 0 aliphatic heterocycles. The van der Waals surface area contributed by atoms with Gasteiger partial charge in [0.15, 0.2) is 0 Å². The minimum Gasteiger partial charge on any atom is -0.507 e. The van der Waals surface area contributed by atoms with E-state index in [-0.39, 0.29) is 33.7 Å². The maximum atomic E-state index is 12.2. The lowest BCUT2D eigenvalue weighted by Gasteiger charge is -2.28. The highest BCUT2D eigenvalue weighted by Crippen LogP contribution is 2.45. The van der Waals surface area contributed by atoms with Crippen LogP contribution in [-0.4, -0.2) is 26.7 Å². The summed E-state index contributed by atoms with van der Waals surface area (Å²) in [5.41, 5.74) is 2.16. The number of phenolic OH excluding ortho intramolecular Hbond substituents is 1. The minimum absolute atomic E-state index is 0.164. The molecule has 0 fully saturated rings. The third kappa shape index (κ3) is 8.99. The summed E-state index contributed by atoms with van der Waals surface area (Å²) in [4.78, 5) is 25.1. The summed E-state index contributed by atoms with van der Waals surface area (Å²) in [7, 11) is 0. The second-order valence-electron chi connectivity index (χ2n) is 12.4. The summed E-state index contributed by atoms with van der Waals surface area (Å²) in [6, 6.07) is 10.0. The zero-order valence-electron chi connectivity index (χ0n) is 23.8. The third-order valence-electron chi connectivity index (χ3n) is 5.83. The van der Waals surface area contributed by atoms with E-state index in [1.54, 1.807) is 29.6 Å². The predicted octanol–water partition coefficient (Wildman–Crippen LogP) is 8.29. The molecule has 0 aromatic heterocycles. The van der Waals surface area contributed by atoms with Crippen molar-refractivity contribution in [2.45, 2.75) is 113 Å². The topological polar surface area (TPSA) is 83.8 Å². The molecule has 0 saturated carbocycles. The van der Waals surface area contributed by atoms with Crippen molar-refractivity contribution >= 4 is 35.5 Å². The van der Waals surface area contributed by atoms with Crippen LogP contribution in [0.25, 0.3) is 0 Å². The van der Waals surface area contributed by atoms with Gasteiger partial charge in [0.1, 0.15) is 11.5 Å². The van der Waals surface area contributed by atoms with Gasteiger partial charge in [-0.1, -0.05) is 62.3 Å². The standard InChI is InChI=1S/C30H42O5S2/c1-18(37-20-16-22(29(5,6)7)27(34)23(17-20)30(8,9)10)36-19-11-12-24(21(15-19)28(2,3)4)35-26(33)14-13-25(31)32/h11-12,15-18,34H,13-14H2,1-10H3,(H,31,32). The van der Waals surface area contributed by atoms with Gasteiger partial charge in [-0.05, 0) is 53.5 Å². The molecule has 2 aromatic rings. The molecule has 0 radical (unpaired) electrons. The molecule has 2 rings (SSSR count). The first-order valence-electron chi connectivity index (χ1n) is 12.6. The van der Waals surface area contributed by atoms with E-state index in [0.29, 0.717) is 11.5 Å². The van der Waals surface area contributed by atoms with Crippen LogP contribution in [0.3, 0.4) is 0 Å². The average Bonchev–Trinajstić information content (AvgIpc) is 2.72. The molecule has 0 saturated heterocycles. The Bertz CT molecular complexity index is 1100. The number of phenols is 1. The summed E-state index contributed by atoms with van der Waals surface area (Å²) in [5.74, 6) is -0.721. The van der Waals surface area contributed by atoms with Gasteiger partial charge in [0.2, 0.25) is 0 Å². The molecule has 1 atom stereocenters. The van der Waals surface area contributed by atoms with Crippen molar-refractivity contribution in [1.82, 2.24) is 0 Å². The van der Waals surface area contributed by atoms with E-state index in [1.165, 1.54) is 0 Å². The van der Waals surface area contributed by atoms with Crippen molar-refractivity contribution in [3.8, 4) is 11.5 Å². The monoisotopic (exact) mass is 546 g/mol. The fourth-order valence-electron chi connectivity index (χ4n) is 3.87. The highest BCUT2D eigenvalue weighted by Gasteiger charge is 2.27. The van der Waals surface area contributed by atoms with E-state index in [9.17, 15) is 14.7 Å². The SMILES string of the molecule is CC(Sc1ccc(OC(=O)CCC(=O)O)c(C(C)(C)C)c1)Sc1cc(C(C)(C)C)c(O)c(C(C)(C)C)c1. The van der Waals surface area contributed by atoms with Crippen LogP contribution in [0.4, 0.5) is 0 Å². The molecule has 0 amide bonds. The van der Waals surface area contributed by atoms with Gasteiger partial charge in [-0.3, -0.25) is 9.59 Å². The Balaban J connectivity index is 2.31. The number of carbonyl (C=O) groups is 2. The van der Waals surface area contributed by atoms with Crippen LogP contribution in [0.1, 0.15) is 98.8 Å². The zero-order valence-corrected chi connectivity index (χ0v) is 25.4. The van der Waals surface area contributed by atoms with E-state index in [0.717, 1.165) is 26.5 Å². The highest BCUT2D eigenvalue weighted by atomic mass is 32.2. The fourth-order valence-corrected chi connectivity index (χ4v) is 6.20. The van der Waals surface area contributed by atoms with Crippen molar-refractivity contribution < 1.29 is 24.5 Å². The Kier molecular flexibility index (Phi) is 9.86. The third-order valence-corrected chi connectivity index (χ3v) is 8.10. The molecule has 5 nitrogen and oxygen atoms in total. The number of aromatic hydroxyl groups is 1. The number of carboxylic acid groups (broad SMARTS) is 1. The molecular weight excluding hydrogens is 504 g/mol. The number of aliphatic carboxylic acids is 1. The number of carbonyl (C=O) groups excluding carboxylic acids is 1. The van der Waals surface area contributed by atoms with Gasteiger partial charge in [0, 0.05) is 26.5 Å². The zero-order chi connectivity index (χ0) is 28.3. The summed E-state index contributed by atoms with van der Waals surface area (Å²) < 4.78 is 5.72. The molecule has 0 aliphatic rings. The Hall–Kier alpha value is -2.12. The second kappa shape index (κ2) is 11.7. The first kappa shape index (κ1) is 31.1. The Morgan fingerprint density at radius 3 is 1.70 bits per heavy atom. The molecule has 0 bridgehead atoms. The smallest absolute Gasteiger partial charge is 0.311 e. The molecule has 204 valence electrons. The number of benzene rings is 2. The average molecular weight is 547 g/mol. The summed E-state index contributed by atoms with van der Waals surface area (Å²) >= 11 is 3.48. The van der Waals surface area contributed by atoms with Gasteiger partial charge in [0.25, 0.3) is 0 Å². The van der Waals surface area contributed by atoms with Crippen LogP contribution in [0.15, 0.2) is 40.1 Å².